The van der Waals surface area contributed by atoms with Gasteiger partial charge in [-0.05, 0) is 41.6 Å². The van der Waals surface area contributed by atoms with Crippen molar-refractivity contribution in [3.8, 4) is 22.4 Å². The van der Waals surface area contributed by atoms with Gasteiger partial charge in [0.1, 0.15) is 5.76 Å². The Morgan fingerprint density at radius 1 is 0.689 bits per heavy atom. The van der Waals surface area contributed by atoms with Gasteiger partial charge in [0.25, 0.3) is 0 Å². The molecule has 4 nitrogen and oxygen atoms in total. The van der Waals surface area contributed by atoms with Gasteiger partial charge in [0.15, 0.2) is 5.78 Å². The number of benzene rings is 4. The van der Waals surface area contributed by atoms with Crippen molar-refractivity contribution in [2.45, 2.75) is 41.5 Å². The second kappa shape index (κ2) is 15.6. The summed E-state index contributed by atoms with van der Waals surface area (Å²) in [6.45, 7) is 11.1. The number of rotatable bonds is 6. The zero-order valence-corrected chi connectivity index (χ0v) is 29.2. The Morgan fingerprint density at radius 2 is 1.22 bits per heavy atom. The van der Waals surface area contributed by atoms with Crippen LogP contribution in [0.25, 0.3) is 22.4 Å². The van der Waals surface area contributed by atoms with Crippen LogP contribution >= 0.6 is 0 Å². The van der Waals surface area contributed by atoms with E-state index in [4.69, 9.17) is 0 Å². The number of ketones is 1. The fourth-order valence-corrected chi connectivity index (χ4v) is 4.29. The topological polar surface area (TPSA) is 53.4 Å². The maximum absolute atomic E-state index is 11.5. The SMILES string of the molecule is CC(C)(C)C(=O)C=C(O)C(C)(C)C.[Ir].[c-]1ccc(-c2ccccc2)cc1-c1cc(N(c2ccccc2)c2ccccc2)ccn1. The van der Waals surface area contributed by atoms with Crippen LogP contribution in [-0.4, -0.2) is 15.9 Å². The molecule has 1 aromatic heterocycles. The first-order valence-electron chi connectivity index (χ1n) is 14.8. The molecule has 4 aromatic carbocycles. The summed E-state index contributed by atoms with van der Waals surface area (Å²) in [5, 5.41) is 9.56. The number of aliphatic hydroxyl groups excluding tert-OH is 1. The third-order valence-corrected chi connectivity index (χ3v) is 6.99. The monoisotopic (exact) mass is 774 g/mol. The minimum atomic E-state index is -0.417. The average molecular weight is 774 g/mol. The number of hydrogen-bond donors (Lipinski definition) is 1. The average Bonchev–Trinajstić information content (AvgIpc) is 3.02. The van der Waals surface area contributed by atoms with E-state index < -0.39 is 5.41 Å². The number of aliphatic hydroxyl groups is 1. The Bertz CT molecular complexity index is 1650. The number of para-hydroxylation sites is 2. The van der Waals surface area contributed by atoms with Crippen LogP contribution in [0.2, 0.25) is 0 Å². The molecule has 0 saturated heterocycles. The van der Waals surface area contributed by atoms with Crippen LogP contribution in [0, 0.1) is 16.9 Å². The van der Waals surface area contributed by atoms with E-state index >= 15 is 0 Å². The molecular weight excluding hydrogens is 733 g/mol. The van der Waals surface area contributed by atoms with Crippen molar-refractivity contribution in [1.82, 2.24) is 4.98 Å². The molecule has 1 radical (unpaired) electrons. The van der Waals surface area contributed by atoms with E-state index in [-0.39, 0.29) is 37.1 Å². The predicted molar refractivity (Wildman–Crippen MR) is 183 cm³/mol. The molecule has 5 rings (SSSR count). The van der Waals surface area contributed by atoms with Crippen LogP contribution in [0.3, 0.4) is 0 Å². The molecule has 5 aromatic rings. The van der Waals surface area contributed by atoms with Gasteiger partial charge in [-0.2, -0.15) is 0 Å². The van der Waals surface area contributed by atoms with E-state index in [0.717, 1.165) is 33.9 Å². The van der Waals surface area contributed by atoms with Crippen LogP contribution in [0.15, 0.2) is 139 Å². The third kappa shape index (κ3) is 9.84. The van der Waals surface area contributed by atoms with Crippen LogP contribution in [0.1, 0.15) is 41.5 Å². The summed E-state index contributed by atoms with van der Waals surface area (Å²) < 4.78 is 0. The van der Waals surface area contributed by atoms with Crippen molar-refractivity contribution in [3.05, 3.63) is 145 Å². The number of nitrogens with zero attached hydrogens (tertiary/aromatic N) is 2. The van der Waals surface area contributed by atoms with Crippen molar-refractivity contribution in [1.29, 1.82) is 0 Å². The minimum Gasteiger partial charge on any atom is -0.512 e. The minimum absolute atomic E-state index is 0. The first kappa shape index (κ1) is 35.2. The third-order valence-electron chi connectivity index (χ3n) is 6.99. The van der Waals surface area contributed by atoms with Gasteiger partial charge in [-0.1, -0.05) is 114 Å². The van der Waals surface area contributed by atoms with Crippen molar-refractivity contribution >= 4 is 22.8 Å². The van der Waals surface area contributed by atoms with Gasteiger partial charge in [-0.3, -0.25) is 4.79 Å². The number of pyridine rings is 1. The Labute approximate surface area is 281 Å². The van der Waals surface area contributed by atoms with Crippen molar-refractivity contribution < 1.29 is 30.0 Å². The van der Waals surface area contributed by atoms with Crippen molar-refractivity contribution in [2.24, 2.45) is 10.8 Å². The standard InChI is InChI=1S/C29H21N2.C11H20O2.Ir/c1-4-11-23(12-5-1)24-13-10-14-25(21-24)29-22-28(19-20-30-29)31(26-15-6-2-7-16-26)27-17-8-3-9-18-27;1-10(2,3)8(12)7-9(13)11(4,5)6;/h1-13,15-22H;7,12H,1-6H3;/q-1;;. The van der Waals surface area contributed by atoms with E-state index in [1.165, 1.54) is 11.6 Å². The smallest absolute Gasteiger partial charge is 0.164 e. The second-order valence-electron chi connectivity index (χ2n) is 12.7. The molecule has 0 unspecified atom stereocenters. The molecule has 0 aliphatic rings. The molecule has 45 heavy (non-hydrogen) atoms. The van der Waals surface area contributed by atoms with Gasteiger partial charge >= 0.3 is 0 Å². The quantitative estimate of drug-likeness (QED) is 0.106. The summed E-state index contributed by atoms with van der Waals surface area (Å²) in [5.41, 5.74) is 6.71. The molecule has 0 bridgehead atoms. The van der Waals surface area contributed by atoms with E-state index in [1.54, 1.807) is 0 Å². The zero-order chi connectivity index (χ0) is 31.7. The maximum Gasteiger partial charge on any atom is 0.164 e. The fourth-order valence-electron chi connectivity index (χ4n) is 4.29. The number of carbonyl (C=O) groups excluding carboxylic acids is 1. The molecule has 0 fully saturated rings. The molecule has 5 heteroatoms. The van der Waals surface area contributed by atoms with Crippen LogP contribution in [-0.2, 0) is 24.9 Å². The predicted octanol–water partition coefficient (Wildman–Crippen LogP) is 10.8. The summed E-state index contributed by atoms with van der Waals surface area (Å²) in [6.07, 6.45) is 3.20. The molecule has 0 amide bonds. The normalized spacial score (nSPS) is 11.5. The number of aromatic nitrogens is 1. The molecule has 0 spiro atoms. The Morgan fingerprint density at radius 3 is 1.73 bits per heavy atom. The van der Waals surface area contributed by atoms with Crippen molar-refractivity contribution in [2.75, 3.05) is 4.90 Å². The fraction of sp³-hybridized carbons (Fsp3) is 0.200. The van der Waals surface area contributed by atoms with Gasteiger partial charge < -0.3 is 15.0 Å². The molecule has 0 saturated carbocycles. The number of allylic oxidation sites excluding steroid dienone is 2. The first-order chi connectivity index (χ1) is 20.9. The molecular formula is C40H41IrN2O2-. The van der Waals surface area contributed by atoms with Crippen LogP contribution < -0.4 is 4.90 Å². The molecule has 0 aliphatic carbocycles. The summed E-state index contributed by atoms with van der Waals surface area (Å²) in [7, 11) is 0. The van der Waals surface area contributed by atoms with Crippen molar-refractivity contribution in [3.63, 3.8) is 0 Å². The van der Waals surface area contributed by atoms with Gasteiger partial charge in [0.05, 0.1) is 0 Å². The Hall–Kier alpha value is -4.31. The maximum atomic E-state index is 11.5. The van der Waals surface area contributed by atoms with Crippen LogP contribution in [0.5, 0.6) is 0 Å². The van der Waals surface area contributed by atoms with Gasteiger partial charge in [-0.25, -0.2) is 0 Å². The summed E-state index contributed by atoms with van der Waals surface area (Å²) in [6, 6.07) is 44.9. The Balaban J connectivity index is 0.000000338. The van der Waals surface area contributed by atoms with Gasteiger partial charge in [0.2, 0.25) is 0 Å². The van der Waals surface area contributed by atoms with Gasteiger partial charge in [-0.15, -0.1) is 35.4 Å². The number of hydrogen-bond acceptors (Lipinski definition) is 4. The number of carbonyl (C=O) groups is 1. The largest absolute Gasteiger partial charge is 0.512 e. The van der Waals surface area contributed by atoms with E-state index in [2.05, 4.69) is 107 Å². The molecule has 233 valence electrons. The van der Waals surface area contributed by atoms with E-state index in [1.807, 2.05) is 78.1 Å². The van der Waals surface area contributed by atoms with Gasteiger partial charge in [0, 0.05) is 60.3 Å². The molecule has 1 N–H and O–H groups in total. The Kier molecular flexibility index (Phi) is 12.2. The molecule has 1 heterocycles. The number of anilines is 3. The first-order valence-corrected chi connectivity index (χ1v) is 14.8. The second-order valence-corrected chi connectivity index (χ2v) is 12.7. The summed E-state index contributed by atoms with van der Waals surface area (Å²) in [5.74, 6) is 0.104. The van der Waals surface area contributed by atoms with E-state index in [0.29, 0.717) is 0 Å². The summed E-state index contributed by atoms with van der Waals surface area (Å²) >= 11 is 0. The summed E-state index contributed by atoms with van der Waals surface area (Å²) in [4.78, 5) is 18.4. The zero-order valence-electron chi connectivity index (χ0n) is 26.8. The molecule has 0 atom stereocenters. The molecule has 0 aliphatic heterocycles. The van der Waals surface area contributed by atoms with Crippen LogP contribution in [0.4, 0.5) is 17.1 Å². The van der Waals surface area contributed by atoms with E-state index in [9.17, 15) is 9.90 Å².